The topological polar surface area (TPSA) is 79.3 Å². The van der Waals surface area contributed by atoms with Crippen molar-refractivity contribution in [3.63, 3.8) is 0 Å². The number of nitrogens with zero attached hydrogens (tertiary/aromatic N) is 1. The first-order valence-electron chi connectivity index (χ1n) is 6.26. The van der Waals surface area contributed by atoms with Crippen LogP contribution in [0.15, 0.2) is 23.2 Å². The average Bonchev–Trinajstić information content (AvgIpc) is 2.89. The van der Waals surface area contributed by atoms with Crippen molar-refractivity contribution in [3.05, 3.63) is 24.0 Å². The Morgan fingerprint density at radius 3 is 2.84 bits per heavy atom. The van der Waals surface area contributed by atoms with Crippen LogP contribution in [0.4, 0.5) is 0 Å². The number of carbonyl (C=O) groups excluding carboxylic acids is 1. The SMILES string of the molecule is O=C(CSc1ccnc(C(=O)O)c1)NC1CCCC1. The quantitative estimate of drug-likeness (QED) is 0.806. The monoisotopic (exact) mass is 280 g/mol. The summed E-state index contributed by atoms with van der Waals surface area (Å²) in [7, 11) is 0. The summed E-state index contributed by atoms with van der Waals surface area (Å²) in [5.41, 5.74) is 0.00111. The molecule has 2 rings (SSSR count). The molecule has 1 aromatic rings. The summed E-state index contributed by atoms with van der Waals surface area (Å²) >= 11 is 1.33. The predicted octanol–water partition coefficient (Wildman–Crippen LogP) is 1.93. The summed E-state index contributed by atoms with van der Waals surface area (Å²) in [4.78, 5) is 27.0. The van der Waals surface area contributed by atoms with Gasteiger partial charge < -0.3 is 10.4 Å². The van der Waals surface area contributed by atoms with Crippen molar-refractivity contribution in [1.82, 2.24) is 10.3 Å². The van der Waals surface area contributed by atoms with Gasteiger partial charge in [0, 0.05) is 17.1 Å². The second-order valence-electron chi connectivity index (χ2n) is 4.52. The molecule has 0 spiro atoms. The van der Waals surface area contributed by atoms with Gasteiger partial charge in [-0.2, -0.15) is 0 Å². The van der Waals surface area contributed by atoms with Gasteiger partial charge >= 0.3 is 5.97 Å². The number of carboxylic acid groups (broad SMARTS) is 1. The van der Waals surface area contributed by atoms with Gasteiger partial charge in [-0.25, -0.2) is 9.78 Å². The summed E-state index contributed by atoms with van der Waals surface area (Å²) in [6, 6.07) is 3.51. The molecule has 0 atom stereocenters. The van der Waals surface area contributed by atoms with Crippen molar-refractivity contribution in [1.29, 1.82) is 0 Å². The number of rotatable bonds is 5. The van der Waals surface area contributed by atoms with E-state index in [1.165, 1.54) is 36.9 Å². The average molecular weight is 280 g/mol. The summed E-state index contributed by atoms with van der Waals surface area (Å²) in [6.45, 7) is 0. The Labute approximate surface area is 115 Å². The number of carbonyl (C=O) groups is 2. The predicted molar refractivity (Wildman–Crippen MR) is 72.3 cm³/mol. The standard InChI is InChI=1S/C13H16N2O3S/c16-12(15-9-3-1-2-4-9)8-19-10-5-6-14-11(7-10)13(17)18/h5-7,9H,1-4,8H2,(H,15,16)(H,17,18). The van der Waals surface area contributed by atoms with Gasteiger partial charge in [0.05, 0.1) is 5.75 Å². The Morgan fingerprint density at radius 1 is 1.42 bits per heavy atom. The fourth-order valence-corrected chi connectivity index (χ4v) is 2.84. The van der Waals surface area contributed by atoms with Crippen LogP contribution in [0.2, 0.25) is 0 Å². The largest absolute Gasteiger partial charge is 0.477 e. The van der Waals surface area contributed by atoms with E-state index in [2.05, 4.69) is 10.3 Å². The molecule has 1 fully saturated rings. The van der Waals surface area contributed by atoms with Crippen molar-refractivity contribution in [2.45, 2.75) is 36.6 Å². The number of aromatic carboxylic acids is 1. The number of pyridine rings is 1. The molecule has 1 saturated carbocycles. The summed E-state index contributed by atoms with van der Waals surface area (Å²) in [6.07, 6.45) is 5.94. The van der Waals surface area contributed by atoms with E-state index < -0.39 is 5.97 Å². The van der Waals surface area contributed by atoms with Crippen LogP contribution < -0.4 is 5.32 Å². The van der Waals surface area contributed by atoms with Gasteiger partial charge in [-0.15, -0.1) is 11.8 Å². The lowest BCUT2D eigenvalue weighted by atomic mass is 10.2. The van der Waals surface area contributed by atoms with Crippen LogP contribution in [-0.2, 0) is 4.79 Å². The van der Waals surface area contributed by atoms with Crippen LogP contribution in [0.25, 0.3) is 0 Å². The minimum absolute atomic E-state index is 0.00111. The smallest absolute Gasteiger partial charge is 0.354 e. The molecule has 1 aliphatic rings. The molecule has 0 unspecified atom stereocenters. The van der Waals surface area contributed by atoms with Gasteiger partial charge in [0.1, 0.15) is 5.69 Å². The second-order valence-corrected chi connectivity index (χ2v) is 5.57. The Hall–Kier alpha value is -1.56. The number of nitrogens with one attached hydrogen (secondary N) is 1. The maximum absolute atomic E-state index is 11.7. The van der Waals surface area contributed by atoms with Crippen molar-refractivity contribution in [3.8, 4) is 0 Å². The van der Waals surface area contributed by atoms with Crippen LogP contribution in [-0.4, -0.2) is 33.8 Å². The maximum atomic E-state index is 11.7. The van der Waals surface area contributed by atoms with Crippen LogP contribution in [0.5, 0.6) is 0 Å². The van der Waals surface area contributed by atoms with Gasteiger partial charge in [-0.05, 0) is 25.0 Å². The van der Waals surface area contributed by atoms with Gasteiger partial charge in [-0.3, -0.25) is 4.79 Å². The first kappa shape index (κ1) is 13.9. The Bertz CT molecular complexity index is 473. The third kappa shape index (κ3) is 4.24. The molecule has 0 aromatic carbocycles. The molecule has 5 nitrogen and oxygen atoms in total. The summed E-state index contributed by atoms with van der Waals surface area (Å²) in [5, 5.41) is 11.8. The highest BCUT2D eigenvalue weighted by Crippen LogP contribution is 2.20. The highest BCUT2D eigenvalue weighted by atomic mass is 32.2. The molecule has 6 heteroatoms. The number of amides is 1. The van der Waals surface area contributed by atoms with Crippen LogP contribution in [0.3, 0.4) is 0 Å². The molecule has 1 heterocycles. The van der Waals surface area contributed by atoms with Crippen molar-refractivity contribution >= 4 is 23.6 Å². The first-order chi connectivity index (χ1) is 9.15. The molecule has 1 aromatic heterocycles. The number of aromatic nitrogens is 1. The van der Waals surface area contributed by atoms with E-state index >= 15 is 0 Å². The number of hydrogen-bond donors (Lipinski definition) is 2. The lowest BCUT2D eigenvalue weighted by molar-refractivity contribution is -0.119. The van der Waals surface area contributed by atoms with Gasteiger partial charge in [-0.1, -0.05) is 12.8 Å². The lowest BCUT2D eigenvalue weighted by Gasteiger charge is -2.11. The Balaban J connectivity index is 1.82. The number of carboxylic acids is 1. The van der Waals surface area contributed by atoms with Crippen molar-refractivity contribution in [2.24, 2.45) is 0 Å². The summed E-state index contributed by atoms with van der Waals surface area (Å²) < 4.78 is 0. The first-order valence-corrected chi connectivity index (χ1v) is 7.25. The molecule has 0 radical (unpaired) electrons. The number of thioether (sulfide) groups is 1. The second kappa shape index (κ2) is 6.56. The molecule has 1 aliphatic carbocycles. The van der Waals surface area contributed by atoms with E-state index in [0.29, 0.717) is 11.8 Å². The van der Waals surface area contributed by atoms with Crippen LogP contribution in [0, 0.1) is 0 Å². The van der Waals surface area contributed by atoms with E-state index in [9.17, 15) is 9.59 Å². The van der Waals surface area contributed by atoms with E-state index in [-0.39, 0.29) is 11.6 Å². The molecule has 2 N–H and O–H groups in total. The third-order valence-corrected chi connectivity index (χ3v) is 4.03. The number of hydrogen-bond acceptors (Lipinski definition) is 4. The van der Waals surface area contributed by atoms with Crippen molar-refractivity contribution < 1.29 is 14.7 Å². The normalized spacial score (nSPS) is 15.4. The zero-order valence-electron chi connectivity index (χ0n) is 10.5. The van der Waals surface area contributed by atoms with Gasteiger partial charge in [0.25, 0.3) is 0 Å². The molecular formula is C13H16N2O3S. The molecule has 102 valence electrons. The fourth-order valence-electron chi connectivity index (χ4n) is 2.11. The van der Waals surface area contributed by atoms with Gasteiger partial charge in [0.15, 0.2) is 0 Å². The zero-order valence-corrected chi connectivity index (χ0v) is 11.3. The molecule has 0 saturated heterocycles. The van der Waals surface area contributed by atoms with E-state index in [1.54, 1.807) is 6.07 Å². The molecule has 19 heavy (non-hydrogen) atoms. The maximum Gasteiger partial charge on any atom is 0.354 e. The Kier molecular flexibility index (Phi) is 4.79. The minimum atomic E-state index is -1.06. The molecular weight excluding hydrogens is 264 g/mol. The third-order valence-electron chi connectivity index (χ3n) is 3.04. The molecule has 0 aliphatic heterocycles. The van der Waals surface area contributed by atoms with E-state index in [4.69, 9.17) is 5.11 Å². The van der Waals surface area contributed by atoms with Gasteiger partial charge in [0.2, 0.25) is 5.91 Å². The highest BCUT2D eigenvalue weighted by Gasteiger charge is 2.17. The fraction of sp³-hybridized carbons (Fsp3) is 0.462. The Morgan fingerprint density at radius 2 is 2.16 bits per heavy atom. The van der Waals surface area contributed by atoms with Crippen LogP contribution in [0.1, 0.15) is 36.2 Å². The van der Waals surface area contributed by atoms with E-state index in [1.807, 2.05) is 0 Å². The van der Waals surface area contributed by atoms with Crippen LogP contribution >= 0.6 is 11.8 Å². The molecule has 0 bridgehead atoms. The highest BCUT2D eigenvalue weighted by molar-refractivity contribution is 8.00. The minimum Gasteiger partial charge on any atom is -0.477 e. The lowest BCUT2D eigenvalue weighted by Crippen LogP contribution is -2.33. The summed E-state index contributed by atoms with van der Waals surface area (Å²) in [5.74, 6) is -0.747. The zero-order chi connectivity index (χ0) is 13.7. The van der Waals surface area contributed by atoms with Crippen molar-refractivity contribution in [2.75, 3.05) is 5.75 Å². The van der Waals surface area contributed by atoms with E-state index in [0.717, 1.165) is 17.7 Å². The molecule has 1 amide bonds.